The molecule has 3 N–H and O–H groups in total. The van der Waals surface area contributed by atoms with Crippen LogP contribution in [0.5, 0.6) is 0 Å². The highest BCUT2D eigenvalue weighted by Gasteiger charge is 2.25. The van der Waals surface area contributed by atoms with Crippen molar-refractivity contribution in [3.8, 4) is 11.1 Å². The largest absolute Gasteiger partial charge is 0.361 e. The van der Waals surface area contributed by atoms with Crippen molar-refractivity contribution in [2.75, 3.05) is 0 Å². The lowest BCUT2D eigenvalue weighted by Crippen LogP contribution is -2.34. The third-order valence-corrected chi connectivity index (χ3v) is 5.25. The monoisotopic (exact) mass is 387 g/mol. The second-order valence-electron chi connectivity index (χ2n) is 7.79. The first-order chi connectivity index (χ1) is 13.9. The molecule has 148 valence electrons. The van der Waals surface area contributed by atoms with E-state index in [4.69, 9.17) is 0 Å². The van der Waals surface area contributed by atoms with Gasteiger partial charge >= 0.3 is 0 Å². The second-order valence-corrected chi connectivity index (χ2v) is 7.79. The van der Waals surface area contributed by atoms with Crippen LogP contribution in [0.4, 0.5) is 0 Å². The summed E-state index contributed by atoms with van der Waals surface area (Å²) in [6, 6.07) is 12.9. The molecule has 1 heterocycles. The smallest absolute Gasteiger partial charge is 0.268 e. The van der Waals surface area contributed by atoms with E-state index in [9.17, 15) is 9.59 Å². The van der Waals surface area contributed by atoms with E-state index in [2.05, 4.69) is 58.9 Å². The molecule has 0 atom stereocenters. The summed E-state index contributed by atoms with van der Waals surface area (Å²) in [6.07, 6.45) is 5.70. The number of aryl methyl sites for hydroxylation is 2. The first-order valence-electron chi connectivity index (χ1n) is 9.89. The molecule has 0 saturated heterocycles. The number of hydrogen-bond donors (Lipinski definition) is 3. The summed E-state index contributed by atoms with van der Waals surface area (Å²) in [7, 11) is 0. The molecule has 1 fully saturated rings. The quantitative estimate of drug-likeness (QED) is 0.574. The van der Waals surface area contributed by atoms with Crippen LogP contribution in [0.15, 0.2) is 48.3 Å². The lowest BCUT2D eigenvalue weighted by Gasteiger charge is -2.13. The Kier molecular flexibility index (Phi) is 4.97. The summed E-state index contributed by atoms with van der Waals surface area (Å²) in [5.41, 5.74) is 6.79. The summed E-state index contributed by atoms with van der Waals surface area (Å²) in [5, 5.41) is 6.79. The number of nitrogens with one attached hydrogen (secondary N) is 3. The minimum absolute atomic E-state index is 0.230. The van der Waals surface area contributed by atoms with Crippen molar-refractivity contribution < 1.29 is 9.59 Å². The molecule has 1 aromatic heterocycles. The zero-order valence-corrected chi connectivity index (χ0v) is 16.9. The average molecular weight is 387 g/mol. The van der Waals surface area contributed by atoms with Crippen molar-refractivity contribution in [1.29, 1.82) is 0 Å². The molecule has 4 rings (SSSR count). The number of rotatable bonds is 5. The van der Waals surface area contributed by atoms with Crippen molar-refractivity contribution in [1.82, 2.24) is 15.6 Å². The van der Waals surface area contributed by atoms with E-state index in [0.717, 1.165) is 46.2 Å². The average Bonchev–Trinajstić information content (AvgIpc) is 3.36. The van der Waals surface area contributed by atoms with Gasteiger partial charge in [-0.2, -0.15) is 0 Å². The summed E-state index contributed by atoms with van der Waals surface area (Å²) >= 11 is 0. The Bertz CT molecular complexity index is 1140. The highest BCUT2D eigenvalue weighted by molar-refractivity contribution is 6.01. The molecule has 5 heteroatoms. The fraction of sp³-hybridized carbons (Fsp3) is 0.250. The number of H-pyrrole nitrogens is 1. The van der Waals surface area contributed by atoms with Crippen LogP contribution < -0.4 is 10.6 Å². The van der Waals surface area contributed by atoms with Gasteiger partial charge in [-0.15, -0.1) is 0 Å². The summed E-state index contributed by atoms with van der Waals surface area (Å²) in [4.78, 5) is 27.3. The van der Waals surface area contributed by atoms with Gasteiger partial charge in [-0.3, -0.25) is 9.59 Å². The molecular formula is C24H25N3O2. The van der Waals surface area contributed by atoms with Crippen molar-refractivity contribution in [2.24, 2.45) is 0 Å². The fourth-order valence-corrected chi connectivity index (χ4v) is 3.52. The number of benzene rings is 2. The van der Waals surface area contributed by atoms with Gasteiger partial charge in [0.15, 0.2) is 0 Å². The van der Waals surface area contributed by atoms with E-state index in [0.29, 0.717) is 0 Å². The van der Waals surface area contributed by atoms with Crippen LogP contribution in [0, 0.1) is 13.8 Å². The number of aromatic nitrogens is 1. The van der Waals surface area contributed by atoms with Crippen molar-refractivity contribution in [3.63, 3.8) is 0 Å². The predicted octanol–water partition coefficient (Wildman–Crippen LogP) is 4.21. The third kappa shape index (κ3) is 4.24. The standard InChI is InChI=1S/C24H25N3O2/c1-14-11-21(17-4-7-22-18(12-17)8-9-25-22)15(2)10-19(14)13-23(26-16(3)28)24(29)27-20-5-6-20/h4,7-13,20,25H,5-6H2,1-3H3,(H,26,28)(H,27,29). The summed E-state index contributed by atoms with van der Waals surface area (Å²) in [5.74, 6) is -0.491. The van der Waals surface area contributed by atoms with E-state index < -0.39 is 0 Å². The van der Waals surface area contributed by atoms with E-state index in [1.165, 1.54) is 12.3 Å². The fourth-order valence-electron chi connectivity index (χ4n) is 3.52. The van der Waals surface area contributed by atoms with Crippen molar-refractivity contribution in [3.05, 3.63) is 65.0 Å². The zero-order valence-electron chi connectivity index (χ0n) is 16.9. The first-order valence-corrected chi connectivity index (χ1v) is 9.89. The van der Waals surface area contributed by atoms with Crippen LogP contribution >= 0.6 is 0 Å². The van der Waals surface area contributed by atoms with Gasteiger partial charge in [-0.1, -0.05) is 18.2 Å². The Morgan fingerprint density at radius 1 is 1.07 bits per heavy atom. The molecule has 1 aliphatic carbocycles. The molecule has 29 heavy (non-hydrogen) atoms. The third-order valence-electron chi connectivity index (χ3n) is 5.25. The number of fused-ring (bicyclic) bond motifs is 1. The number of amides is 2. The topological polar surface area (TPSA) is 74.0 Å². The molecule has 0 bridgehead atoms. The van der Waals surface area contributed by atoms with E-state index >= 15 is 0 Å². The van der Waals surface area contributed by atoms with Crippen LogP contribution in [0.2, 0.25) is 0 Å². The molecule has 0 radical (unpaired) electrons. The van der Waals surface area contributed by atoms with Gasteiger partial charge in [0.1, 0.15) is 5.70 Å². The van der Waals surface area contributed by atoms with Gasteiger partial charge in [0.2, 0.25) is 5.91 Å². The van der Waals surface area contributed by atoms with Gasteiger partial charge in [-0.25, -0.2) is 0 Å². The minimum atomic E-state index is -0.256. The maximum atomic E-state index is 12.5. The number of hydrogen-bond acceptors (Lipinski definition) is 2. The number of aromatic amines is 1. The molecule has 1 aliphatic rings. The van der Waals surface area contributed by atoms with E-state index in [-0.39, 0.29) is 23.6 Å². The highest BCUT2D eigenvalue weighted by atomic mass is 16.2. The summed E-state index contributed by atoms with van der Waals surface area (Å²) in [6.45, 7) is 5.50. The zero-order chi connectivity index (χ0) is 20.5. The second kappa shape index (κ2) is 7.59. The molecule has 0 unspecified atom stereocenters. The van der Waals surface area contributed by atoms with Crippen LogP contribution in [0.1, 0.15) is 36.5 Å². The van der Waals surface area contributed by atoms with Crippen LogP contribution in [-0.2, 0) is 9.59 Å². The molecule has 3 aromatic rings. The van der Waals surface area contributed by atoms with Crippen molar-refractivity contribution >= 4 is 28.8 Å². The van der Waals surface area contributed by atoms with Crippen LogP contribution in [-0.4, -0.2) is 22.8 Å². The highest BCUT2D eigenvalue weighted by Crippen LogP contribution is 2.30. The summed E-state index contributed by atoms with van der Waals surface area (Å²) < 4.78 is 0. The van der Waals surface area contributed by atoms with Gasteiger partial charge in [0, 0.05) is 24.7 Å². The molecule has 1 saturated carbocycles. The lowest BCUT2D eigenvalue weighted by atomic mass is 9.94. The Hall–Kier alpha value is -3.34. The number of carbonyl (C=O) groups excluding carboxylic acids is 2. The first kappa shape index (κ1) is 19.0. The van der Waals surface area contributed by atoms with Crippen LogP contribution in [0.25, 0.3) is 28.1 Å². The van der Waals surface area contributed by atoms with Crippen molar-refractivity contribution in [2.45, 2.75) is 39.7 Å². The molecule has 2 aromatic carbocycles. The van der Waals surface area contributed by atoms with E-state index in [1.807, 2.05) is 13.1 Å². The Balaban J connectivity index is 1.69. The number of carbonyl (C=O) groups is 2. The Morgan fingerprint density at radius 3 is 2.59 bits per heavy atom. The SMILES string of the molecule is CC(=O)NC(=Cc1cc(C)c(-c2ccc3[nH]ccc3c2)cc1C)C(=O)NC1CC1. The molecular weight excluding hydrogens is 362 g/mol. The minimum Gasteiger partial charge on any atom is -0.361 e. The molecule has 2 amide bonds. The van der Waals surface area contributed by atoms with Gasteiger partial charge in [0.05, 0.1) is 0 Å². The molecule has 0 spiro atoms. The predicted molar refractivity (Wildman–Crippen MR) is 116 cm³/mol. The normalized spacial score (nSPS) is 14.1. The Labute approximate surface area is 170 Å². The Morgan fingerprint density at radius 2 is 1.86 bits per heavy atom. The van der Waals surface area contributed by atoms with Gasteiger partial charge < -0.3 is 15.6 Å². The van der Waals surface area contributed by atoms with E-state index in [1.54, 1.807) is 6.08 Å². The molecule has 0 aliphatic heterocycles. The van der Waals surface area contributed by atoms with Crippen LogP contribution in [0.3, 0.4) is 0 Å². The maximum absolute atomic E-state index is 12.5. The molecule has 5 nitrogen and oxygen atoms in total. The maximum Gasteiger partial charge on any atom is 0.268 e. The lowest BCUT2D eigenvalue weighted by molar-refractivity contribution is -0.122. The van der Waals surface area contributed by atoms with Gasteiger partial charge in [-0.05, 0) is 84.2 Å². The van der Waals surface area contributed by atoms with Gasteiger partial charge in [0.25, 0.3) is 5.91 Å².